The maximum atomic E-state index is 12.4. The van der Waals surface area contributed by atoms with Crippen LogP contribution >= 0.6 is 0 Å². The molecule has 3 rings (SSSR count). The van der Waals surface area contributed by atoms with E-state index in [1.165, 1.54) is 11.1 Å². The number of carbonyl (C=O) groups excluding carboxylic acids is 1. The van der Waals surface area contributed by atoms with Crippen LogP contribution in [0.4, 0.5) is 0 Å². The van der Waals surface area contributed by atoms with Gasteiger partial charge in [0.25, 0.3) is 0 Å². The number of aliphatic carboxylic acids is 2. The Morgan fingerprint density at radius 2 is 1.30 bits per heavy atom. The molecule has 2 aromatic carbocycles. The molecule has 2 N–H and O–H groups in total. The normalized spacial score (nSPS) is 13.8. The van der Waals surface area contributed by atoms with Crippen molar-refractivity contribution in [3.8, 4) is 0 Å². The molecule has 1 heterocycles. The second-order valence-electron chi connectivity index (χ2n) is 7.10. The zero-order valence-corrected chi connectivity index (χ0v) is 17.2. The van der Waals surface area contributed by atoms with Crippen molar-refractivity contribution >= 4 is 17.8 Å². The summed E-state index contributed by atoms with van der Waals surface area (Å²) in [5, 5.41) is 14.8. The van der Waals surface area contributed by atoms with Gasteiger partial charge in [-0.25, -0.2) is 9.59 Å². The second kappa shape index (κ2) is 11.7. The van der Waals surface area contributed by atoms with E-state index in [2.05, 4.69) is 36.1 Å². The number of carboxylic acids is 2. The molecule has 0 aromatic heterocycles. The fourth-order valence-electron chi connectivity index (χ4n) is 3.18. The van der Waals surface area contributed by atoms with E-state index >= 15 is 0 Å². The smallest absolute Gasteiger partial charge is 0.414 e. The summed E-state index contributed by atoms with van der Waals surface area (Å²) in [4.78, 5) is 35.1. The molecule has 30 heavy (non-hydrogen) atoms. The lowest BCUT2D eigenvalue weighted by Crippen LogP contribution is -2.48. The topological polar surface area (TPSA) is 98.2 Å². The second-order valence-corrected chi connectivity index (χ2v) is 7.10. The molecule has 2 aromatic rings. The first kappa shape index (κ1) is 23.1. The van der Waals surface area contributed by atoms with Crippen LogP contribution in [0.1, 0.15) is 23.6 Å². The van der Waals surface area contributed by atoms with Gasteiger partial charge in [0.1, 0.15) is 0 Å². The molecule has 7 nitrogen and oxygen atoms in total. The SMILES string of the molecule is CCc1ccc(CN2CCN(C(=O)Cc3ccccc3)CC2)cc1.O=C(O)C(=O)O. The molecular formula is C23H28N2O5. The lowest BCUT2D eigenvalue weighted by molar-refractivity contribution is -0.159. The average molecular weight is 412 g/mol. The number of carbonyl (C=O) groups is 3. The van der Waals surface area contributed by atoms with Gasteiger partial charge in [0.05, 0.1) is 6.42 Å². The number of benzene rings is 2. The molecule has 0 aliphatic carbocycles. The minimum absolute atomic E-state index is 0.244. The van der Waals surface area contributed by atoms with Crippen LogP contribution in [0.3, 0.4) is 0 Å². The zero-order valence-electron chi connectivity index (χ0n) is 17.2. The van der Waals surface area contributed by atoms with Gasteiger partial charge in [0.2, 0.25) is 5.91 Å². The Bertz CT molecular complexity index is 816. The molecule has 7 heteroatoms. The molecule has 0 spiro atoms. The number of nitrogens with zero attached hydrogens (tertiary/aromatic N) is 2. The van der Waals surface area contributed by atoms with E-state index in [-0.39, 0.29) is 5.91 Å². The van der Waals surface area contributed by atoms with E-state index in [0.29, 0.717) is 6.42 Å². The van der Waals surface area contributed by atoms with Crippen molar-refractivity contribution in [3.05, 3.63) is 71.3 Å². The van der Waals surface area contributed by atoms with Crippen molar-refractivity contribution in [1.82, 2.24) is 9.80 Å². The number of rotatable bonds is 5. The van der Waals surface area contributed by atoms with Gasteiger partial charge in [-0.05, 0) is 23.1 Å². The van der Waals surface area contributed by atoms with E-state index in [0.717, 1.165) is 44.7 Å². The van der Waals surface area contributed by atoms with Gasteiger partial charge in [-0.1, -0.05) is 61.5 Å². The molecule has 0 bridgehead atoms. The van der Waals surface area contributed by atoms with Crippen LogP contribution in [-0.4, -0.2) is 64.0 Å². The van der Waals surface area contributed by atoms with E-state index < -0.39 is 11.9 Å². The molecule has 1 amide bonds. The van der Waals surface area contributed by atoms with E-state index in [1.807, 2.05) is 35.2 Å². The fraction of sp³-hybridized carbons (Fsp3) is 0.348. The van der Waals surface area contributed by atoms with Crippen molar-refractivity contribution < 1.29 is 24.6 Å². The van der Waals surface area contributed by atoms with Crippen LogP contribution in [-0.2, 0) is 33.8 Å². The minimum atomic E-state index is -1.82. The van der Waals surface area contributed by atoms with Crippen molar-refractivity contribution in [2.24, 2.45) is 0 Å². The highest BCUT2D eigenvalue weighted by Gasteiger charge is 2.21. The monoisotopic (exact) mass is 412 g/mol. The molecule has 1 aliphatic heterocycles. The van der Waals surface area contributed by atoms with Gasteiger partial charge in [0, 0.05) is 32.7 Å². The predicted molar refractivity (Wildman–Crippen MR) is 113 cm³/mol. The number of carboxylic acid groups (broad SMARTS) is 2. The van der Waals surface area contributed by atoms with Crippen LogP contribution in [0.25, 0.3) is 0 Å². The fourth-order valence-corrected chi connectivity index (χ4v) is 3.18. The van der Waals surface area contributed by atoms with Gasteiger partial charge >= 0.3 is 11.9 Å². The third-order valence-corrected chi connectivity index (χ3v) is 4.94. The molecule has 160 valence electrons. The first-order valence-electron chi connectivity index (χ1n) is 9.97. The Labute approximate surface area is 176 Å². The summed E-state index contributed by atoms with van der Waals surface area (Å²) >= 11 is 0. The molecule has 1 saturated heterocycles. The Morgan fingerprint density at radius 3 is 1.80 bits per heavy atom. The first-order valence-corrected chi connectivity index (χ1v) is 9.97. The van der Waals surface area contributed by atoms with Crippen molar-refractivity contribution in [2.75, 3.05) is 26.2 Å². The summed E-state index contributed by atoms with van der Waals surface area (Å²) in [7, 11) is 0. The maximum absolute atomic E-state index is 12.4. The minimum Gasteiger partial charge on any atom is -0.473 e. The standard InChI is InChI=1S/C21H26N2O.C2H2O4/c1-2-18-8-10-20(11-9-18)17-22-12-14-23(15-13-22)21(24)16-19-6-4-3-5-7-19;3-1(4)2(5)6/h3-11H,2,12-17H2,1H3;(H,3,4)(H,5,6). The highest BCUT2D eigenvalue weighted by atomic mass is 16.4. The molecule has 0 saturated carbocycles. The van der Waals surface area contributed by atoms with E-state index in [1.54, 1.807) is 0 Å². The highest BCUT2D eigenvalue weighted by Crippen LogP contribution is 2.12. The van der Waals surface area contributed by atoms with Gasteiger partial charge in [-0.3, -0.25) is 9.69 Å². The number of aryl methyl sites for hydroxylation is 1. The van der Waals surface area contributed by atoms with E-state index in [9.17, 15) is 4.79 Å². The van der Waals surface area contributed by atoms with Gasteiger partial charge in [-0.15, -0.1) is 0 Å². The molecule has 1 fully saturated rings. The van der Waals surface area contributed by atoms with Crippen LogP contribution in [0.5, 0.6) is 0 Å². The van der Waals surface area contributed by atoms with Crippen LogP contribution in [0, 0.1) is 0 Å². The van der Waals surface area contributed by atoms with Crippen molar-refractivity contribution in [2.45, 2.75) is 26.3 Å². The Morgan fingerprint density at radius 1 is 0.767 bits per heavy atom. The number of amides is 1. The van der Waals surface area contributed by atoms with Gasteiger partial charge in [-0.2, -0.15) is 0 Å². The largest absolute Gasteiger partial charge is 0.473 e. The number of hydrogen-bond donors (Lipinski definition) is 2. The average Bonchev–Trinajstić information content (AvgIpc) is 2.76. The summed E-state index contributed by atoms with van der Waals surface area (Å²) in [6.45, 7) is 6.73. The quantitative estimate of drug-likeness (QED) is 0.732. The summed E-state index contributed by atoms with van der Waals surface area (Å²) in [6, 6.07) is 18.9. The van der Waals surface area contributed by atoms with Gasteiger partial charge < -0.3 is 15.1 Å². The Balaban J connectivity index is 0.000000469. The highest BCUT2D eigenvalue weighted by molar-refractivity contribution is 6.27. The molecule has 0 atom stereocenters. The van der Waals surface area contributed by atoms with Crippen molar-refractivity contribution in [3.63, 3.8) is 0 Å². The number of hydrogen-bond acceptors (Lipinski definition) is 4. The maximum Gasteiger partial charge on any atom is 0.414 e. The first-order chi connectivity index (χ1) is 14.4. The lowest BCUT2D eigenvalue weighted by atomic mass is 10.1. The molecule has 0 radical (unpaired) electrons. The third-order valence-electron chi connectivity index (χ3n) is 4.94. The molecule has 1 aliphatic rings. The Kier molecular flexibility index (Phi) is 9.03. The summed E-state index contributed by atoms with van der Waals surface area (Å²) in [5.41, 5.74) is 3.84. The lowest BCUT2D eigenvalue weighted by Gasteiger charge is -2.35. The van der Waals surface area contributed by atoms with Crippen LogP contribution < -0.4 is 0 Å². The predicted octanol–water partition coefficient (Wildman–Crippen LogP) is 2.29. The van der Waals surface area contributed by atoms with Gasteiger partial charge in [0.15, 0.2) is 0 Å². The zero-order chi connectivity index (χ0) is 21.9. The molecular weight excluding hydrogens is 384 g/mol. The van der Waals surface area contributed by atoms with Crippen LogP contribution in [0.15, 0.2) is 54.6 Å². The molecule has 0 unspecified atom stereocenters. The van der Waals surface area contributed by atoms with Crippen LogP contribution in [0.2, 0.25) is 0 Å². The summed E-state index contributed by atoms with van der Waals surface area (Å²) < 4.78 is 0. The summed E-state index contributed by atoms with van der Waals surface area (Å²) in [6.07, 6.45) is 1.60. The van der Waals surface area contributed by atoms with E-state index in [4.69, 9.17) is 19.8 Å². The third kappa shape index (κ3) is 7.67. The summed E-state index contributed by atoms with van der Waals surface area (Å²) in [5.74, 6) is -3.40. The number of piperazine rings is 1. The Hall–Kier alpha value is -3.19. The van der Waals surface area contributed by atoms with Crippen molar-refractivity contribution in [1.29, 1.82) is 0 Å².